The first kappa shape index (κ1) is 15.7. The van der Waals surface area contributed by atoms with Crippen LogP contribution in [0.2, 0.25) is 10.0 Å². The molecule has 0 saturated heterocycles. The van der Waals surface area contributed by atoms with Gasteiger partial charge in [-0.2, -0.15) is 0 Å². The van der Waals surface area contributed by atoms with E-state index in [1.807, 2.05) is 19.9 Å². The van der Waals surface area contributed by atoms with Gasteiger partial charge in [-0.3, -0.25) is 4.79 Å². The smallest absolute Gasteiger partial charge is 0.307 e. The summed E-state index contributed by atoms with van der Waals surface area (Å²) in [5.41, 5.74) is 2.36. The average molecular weight is 325 g/mol. The van der Waals surface area contributed by atoms with E-state index in [-0.39, 0.29) is 6.42 Å². The van der Waals surface area contributed by atoms with E-state index in [0.29, 0.717) is 27.1 Å². The first-order chi connectivity index (χ1) is 9.86. The highest BCUT2D eigenvalue weighted by Gasteiger charge is 2.13. The fourth-order valence-corrected chi connectivity index (χ4v) is 2.67. The Bertz CT molecular complexity index is 673. The molecule has 0 aromatic heterocycles. The fraction of sp³-hybridized carbons (Fsp3) is 0.188. The lowest BCUT2D eigenvalue weighted by atomic mass is 10.1. The maximum Gasteiger partial charge on any atom is 0.307 e. The number of benzene rings is 2. The zero-order valence-corrected chi connectivity index (χ0v) is 13.1. The van der Waals surface area contributed by atoms with Gasteiger partial charge in [0.1, 0.15) is 11.5 Å². The van der Waals surface area contributed by atoms with E-state index in [9.17, 15) is 4.79 Å². The van der Waals surface area contributed by atoms with E-state index in [1.54, 1.807) is 24.3 Å². The van der Waals surface area contributed by atoms with Crippen molar-refractivity contribution in [2.24, 2.45) is 0 Å². The summed E-state index contributed by atoms with van der Waals surface area (Å²) in [7, 11) is 0. The van der Waals surface area contributed by atoms with E-state index < -0.39 is 5.97 Å². The highest BCUT2D eigenvalue weighted by Crippen LogP contribution is 2.36. The molecule has 1 N–H and O–H groups in total. The molecule has 0 atom stereocenters. The molecule has 2 aromatic carbocycles. The predicted molar refractivity (Wildman–Crippen MR) is 83.8 cm³/mol. The molecular formula is C16H14Cl2O3. The maximum atomic E-state index is 11.0. The van der Waals surface area contributed by atoms with Gasteiger partial charge in [0.15, 0.2) is 0 Å². The van der Waals surface area contributed by atoms with Gasteiger partial charge in [0.05, 0.1) is 11.4 Å². The largest absolute Gasteiger partial charge is 0.481 e. The molecule has 0 fully saturated rings. The second-order valence-corrected chi connectivity index (χ2v) is 5.66. The van der Waals surface area contributed by atoms with Crippen molar-refractivity contribution in [2.75, 3.05) is 0 Å². The van der Waals surface area contributed by atoms with Crippen LogP contribution in [-0.2, 0) is 11.2 Å². The van der Waals surface area contributed by atoms with Gasteiger partial charge in [-0.1, -0.05) is 40.9 Å². The normalized spacial score (nSPS) is 10.5. The van der Waals surface area contributed by atoms with Gasteiger partial charge >= 0.3 is 5.97 Å². The first-order valence-electron chi connectivity index (χ1n) is 6.31. The van der Waals surface area contributed by atoms with E-state index in [0.717, 1.165) is 11.1 Å². The van der Waals surface area contributed by atoms with Crippen molar-refractivity contribution in [2.45, 2.75) is 20.3 Å². The van der Waals surface area contributed by atoms with Crippen molar-refractivity contribution in [1.29, 1.82) is 0 Å². The van der Waals surface area contributed by atoms with Crippen LogP contribution in [0.15, 0.2) is 30.3 Å². The summed E-state index contributed by atoms with van der Waals surface area (Å²) in [6.45, 7) is 3.73. The quantitative estimate of drug-likeness (QED) is 0.857. The summed E-state index contributed by atoms with van der Waals surface area (Å²) in [6, 6.07) is 8.74. The Labute approximate surface area is 133 Å². The summed E-state index contributed by atoms with van der Waals surface area (Å²) < 4.78 is 5.83. The molecule has 0 aliphatic rings. The van der Waals surface area contributed by atoms with Crippen LogP contribution in [0.1, 0.15) is 16.7 Å². The van der Waals surface area contributed by atoms with Crippen molar-refractivity contribution >= 4 is 29.2 Å². The van der Waals surface area contributed by atoms with Crippen LogP contribution in [0.25, 0.3) is 0 Å². The van der Waals surface area contributed by atoms with Crippen LogP contribution in [0.4, 0.5) is 0 Å². The molecule has 5 heteroatoms. The Kier molecular flexibility index (Phi) is 4.76. The molecule has 21 heavy (non-hydrogen) atoms. The molecule has 2 aromatic rings. The Morgan fingerprint density at radius 1 is 1.19 bits per heavy atom. The number of halogens is 2. The molecule has 0 heterocycles. The zero-order valence-electron chi connectivity index (χ0n) is 11.6. The summed E-state index contributed by atoms with van der Waals surface area (Å²) >= 11 is 12.1. The Morgan fingerprint density at radius 3 is 2.52 bits per heavy atom. The van der Waals surface area contributed by atoms with Gasteiger partial charge in [-0.05, 0) is 37.6 Å². The van der Waals surface area contributed by atoms with Gasteiger partial charge in [0.2, 0.25) is 0 Å². The molecule has 0 aliphatic carbocycles. The number of carboxylic acid groups (broad SMARTS) is 1. The number of aliphatic carboxylic acids is 1. The summed E-state index contributed by atoms with van der Waals surface area (Å²) in [5.74, 6) is 0.0521. The van der Waals surface area contributed by atoms with Gasteiger partial charge in [0.25, 0.3) is 0 Å². The number of carbonyl (C=O) groups is 1. The van der Waals surface area contributed by atoms with Crippen LogP contribution in [0.3, 0.4) is 0 Å². The van der Waals surface area contributed by atoms with Crippen LogP contribution in [0, 0.1) is 13.8 Å². The van der Waals surface area contributed by atoms with Crippen molar-refractivity contribution in [3.05, 3.63) is 57.1 Å². The van der Waals surface area contributed by atoms with Crippen molar-refractivity contribution < 1.29 is 14.6 Å². The minimum Gasteiger partial charge on any atom is -0.481 e. The van der Waals surface area contributed by atoms with E-state index >= 15 is 0 Å². The van der Waals surface area contributed by atoms with Crippen molar-refractivity contribution in [3.63, 3.8) is 0 Å². The van der Waals surface area contributed by atoms with Crippen LogP contribution < -0.4 is 4.74 Å². The molecule has 3 nitrogen and oxygen atoms in total. The molecule has 0 aliphatic heterocycles. The summed E-state index contributed by atoms with van der Waals surface area (Å²) in [4.78, 5) is 11.0. The third kappa shape index (κ3) is 3.90. The van der Waals surface area contributed by atoms with Crippen LogP contribution in [0.5, 0.6) is 11.5 Å². The zero-order chi connectivity index (χ0) is 15.6. The second kappa shape index (κ2) is 6.37. The number of aryl methyl sites for hydroxylation is 2. The number of hydrogen-bond acceptors (Lipinski definition) is 2. The summed E-state index contributed by atoms with van der Waals surface area (Å²) in [5, 5.41) is 9.91. The topological polar surface area (TPSA) is 46.5 Å². The molecule has 0 bridgehead atoms. The molecule has 2 rings (SSSR count). The lowest BCUT2D eigenvalue weighted by Gasteiger charge is -2.14. The summed E-state index contributed by atoms with van der Waals surface area (Å²) in [6.07, 6.45) is -0.110. The van der Waals surface area contributed by atoms with E-state index in [1.165, 1.54) is 0 Å². The Morgan fingerprint density at radius 2 is 1.90 bits per heavy atom. The molecule has 0 spiro atoms. The Hall–Kier alpha value is -1.71. The molecule has 0 amide bonds. The minimum atomic E-state index is -0.913. The fourth-order valence-electron chi connectivity index (χ4n) is 2.04. The molecule has 0 unspecified atom stereocenters. The SMILES string of the molecule is Cc1ccc(Oc2c(C)cc(Cl)cc2Cl)c(CC(=O)O)c1. The van der Waals surface area contributed by atoms with Gasteiger partial charge in [0, 0.05) is 10.6 Å². The Balaban J connectivity index is 2.42. The van der Waals surface area contributed by atoms with Crippen molar-refractivity contribution in [1.82, 2.24) is 0 Å². The molecular weight excluding hydrogens is 311 g/mol. The lowest BCUT2D eigenvalue weighted by molar-refractivity contribution is -0.136. The standard InChI is InChI=1S/C16H14Cl2O3/c1-9-3-4-14(11(5-9)7-15(19)20)21-16-10(2)6-12(17)8-13(16)18/h3-6,8H,7H2,1-2H3,(H,19,20). The van der Waals surface area contributed by atoms with Gasteiger partial charge in [-0.15, -0.1) is 0 Å². The molecule has 110 valence electrons. The second-order valence-electron chi connectivity index (χ2n) is 4.82. The van der Waals surface area contributed by atoms with E-state index in [2.05, 4.69) is 0 Å². The van der Waals surface area contributed by atoms with Gasteiger partial charge in [-0.25, -0.2) is 0 Å². The lowest BCUT2D eigenvalue weighted by Crippen LogP contribution is -2.03. The number of hydrogen-bond donors (Lipinski definition) is 1. The van der Waals surface area contributed by atoms with Crippen LogP contribution >= 0.6 is 23.2 Å². The third-order valence-corrected chi connectivity index (χ3v) is 3.46. The first-order valence-corrected chi connectivity index (χ1v) is 7.07. The highest BCUT2D eigenvalue weighted by atomic mass is 35.5. The van der Waals surface area contributed by atoms with Crippen molar-refractivity contribution in [3.8, 4) is 11.5 Å². The van der Waals surface area contributed by atoms with Crippen LogP contribution in [-0.4, -0.2) is 11.1 Å². The average Bonchev–Trinajstić information content (AvgIpc) is 2.35. The monoisotopic (exact) mass is 324 g/mol. The number of rotatable bonds is 4. The molecule has 0 radical (unpaired) electrons. The maximum absolute atomic E-state index is 11.0. The number of carboxylic acids is 1. The minimum absolute atomic E-state index is 0.110. The van der Waals surface area contributed by atoms with Gasteiger partial charge < -0.3 is 9.84 Å². The van der Waals surface area contributed by atoms with E-state index in [4.69, 9.17) is 33.0 Å². The molecule has 0 saturated carbocycles. The predicted octanol–water partition coefficient (Wildman–Crippen LogP) is 5.03. The third-order valence-electron chi connectivity index (χ3n) is 2.96. The number of ether oxygens (including phenoxy) is 1. The highest BCUT2D eigenvalue weighted by molar-refractivity contribution is 6.35.